The van der Waals surface area contributed by atoms with Crippen LogP contribution in [0, 0.1) is 6.57 Å². The van der Waals surface area contributed by atoms with Crippen molar-refractivity contribution in [2.45, 2.75) is 18.9 Å². The summed E-state index contributed by atoms with van der Waals surface area (Å²) in [6.45, 7) is 7.34. The summed E-state index contributed by atoms with van der Waals surface area (Å²) in [6, 6.07) is 10.2. The van der Waals surface area contributed by atoms with Gasteiger partial charge in [0.15, 0.2) is 11.5 Å². The van der Waals surface area contributed by atoms with Gasteiger partial charge < -0.3 is 4.74 Å². The molecule has 0 unspecified atom stereocenters. The van der Waals surface area contributed by atoms with Gasteiger partial charge in [0.1, 0.15) is 6.10 Å². The highest BCUT2D eigenvalue weighted by molar-refractivity contribution is 7.18. The standard InChI is InChI=1S/C17H13ClN2O3S/c1-19-11-2-4-12(5-3-11)20-10-13(23-17(20)22)6-7-14(21)15-8-9-16(18)24-15/h2-5,8-9,13H,6-7,10H2/t13-/m0/s1. The number of Topliss-reactive ketones (excluding diaryl/α,β-unsaturated/α-hetero) is 1. The topological polar surface area (TPSA) is 51.0 Å². The fraction of sp³-hybridized carbons (Fsp3) is 0.235. The zero-order valence-electron chi connectivity index (χ0n) is 12.6. The molecule has 1 saturated heterocycles. The minimum atomic E-state index is -0.429. The van der Waals surface area contributed by atoms with E-state index in [1.165, 1.54) is 16.2 Å². The minimum Gasteiger partial charge on any atom is -0.444 e. The Hall–Kier alpha value is -2.36. The quantitative estimate of drug-likeness (QED) is 0.560. The fourth-order valence-electron chi connectivity index (χ4n) is 2.47. The second-order valence-corrected chi connectivity index (χ2v) is 7.03. The van der Waals surface area contributed by atoms with Crippen LogP contribution in [0.25, 0.3) is 4.85 Å². The summed E-state index contributed by atoms with van der Waals surface area (Å²) in [5.41, 5.74) is 1.20. The van der Waals surface area contributed by atoms with Crippen molar-refractivity contribution in [1.29, 1.82) is 0 Å². The van der Waals surface area contributed by atoms with Gasteiger partial charge in [-0.1, -0.05) is 23.7 Å². The summed E-state index contributed by atoms with van der Waals surface area (Å²) in [4.78, 5) is 29.5. The summed E-state index contributed by atoms with van der Waals surface area (Å²) in [6.07, 6.45) is 0.0235. The molecule has 1 aromatic heterocycles. The lowest BCUT2D eigenvalue weighted by Gasteiger charge is -2.12. The summed E-state index contributed by atoms with van der Waals surface area (Å²) >= 11 is 7.08. The van der Waals surface area contributed by atoms with Crippen LogP contribution in [0.1, 0.15) is 22.5 Å². The van der Waals surface area contributed by atoms with Crippen LogP contribution < -0.4 is 4.90 Å². The Morgan fingerprint density at radius 3 is 2.71 bits per heavy atom. The number of anilines is 1. The molecule has 0 bridgehead atoms. The second-order valence-electron chi connectivity index (χ2n) is 5.31. The molecule has 3 rings (SSSR count). The number of nitrogens with zero attached hydrogens (tertiary/aromatic N) is 2. The third kappa shape index (κ3) is 3.58. The van der Waals surface area contributed by atoms with Gasteiger partial charge in [-0.2, -0.15) is 0 Å². The third-order valence-corrected chi connectivity index (χ3v) is 4.98. The predicted octanol–water partition coefficient (Wildman–Crippen LogP) is 4.94. The van der Waals surface area contributed by atoms with Crippen LogP contribution in [0.4, 0.5) is 16.2 Å². The molecule has 24 heavy (non-hydrogen) atoms. The van der Waals surface area contributed by atoms with Crippen LogP contribution in [0.5, 0.6) is 0 Å². The number of ether oxygens (including phenoxy) is 1. The lowest BCUT2D eigenvalue weighted by atomic mass is 10.1. The van der Waals surface area contributed by atoms with Crippen LogP contribution in [0.3, 0.4) is 0 Å². The number of halogens is 1. The molecule has 1 aliphatic heterocycles. The van der Waals surface area contributed by atoms with E-state index in [9.17, 15) is 9.59 Å². The van der Waals surface area contributed by atoms with E-state index in [1.807, 2.05) is 0 Å². The highest BCUT2D eigenvalue weighted by atomic mass is 35.5. The molecule has 0 N–H and O–H groups in total. The Balaban J connectivity index is 1.58. The molecule has 1 fully saturated rings. The number of thiophene rings is 1. The van der Waals surface area contributed by atoms with Crippen molar-refractivity contribution < 1.29 is 14.3 Å². The maximum atomic E-state index is 12.1. The fourth-order valence-corrected chi connectivity index (χ4v) is 3.48. The first-order valence-corrected chi connectivity index (χ1v) is 8.50. The smallest absolute Gasteiger partial charge is 0.414 e. The SMILES string of the molecule is [C-]#[N+]c1ccc(N2C[C@H](CCC(=O)c3ccc(Cl)s3)OC2=O)cc1. The molecule has 7 heteroatoms. The number of rotatable bonds is 5. The van der Waals surface area contributed by atoms with Crippen molar-refractivity contribution >= 4 is 46.2 Å². The molecule has 1 amide bonds. The zero-order chi connectivity index (χ0) is 17.1. The van der Waals surface area contributed by atoms with Gasteiger partial charge in [0.25, 0.3) is 0 Å². The number of hydrogen-bond donors (Lipinski definition) is 0. The van der Waals surface area contributed by atoms with Crippen LogP contribution in [0.2, 0.25) is 4.34 Å². The highest BCUT2D eigenvalue weighted by Crippen LogP contribution is 2.27. The first-order chi connectivity index (χ1) is 11.6. The van der Waals surface area contributed by atoms with E-state index in [0.29, 0.717) is 40.0 Å². The van der Waals surface area contributed by atoms with Crippen LogP contribution in [-0.4, -0.2) is 24.5 Å². The van der Waals surface area contributed by atoms with Gasteiger partial charge in [0, 0.05) is 12.1 Å². The first kappa shape index (κ1) is 16.5. The van der Waals surface area contributed by atoms with Gasteiger partial charge in [0.2, 0.25) is 0 Å². The molecule has 5 nitrogen and oxygen atoms in total. The maximum Gasteiger partial charge on any atom is 0.414 e. The van der Waals surface area contributed by atoms with E-state index in [2.05, 4.69) is 4.85 Å². The van der Waals surface area contributed by atoms with Crippen LogP contribution in [0.15, 0.2) is 36.4 Å². The molecule has 2 aromatic rings. The number of ketones is 1. The average Bonchev–Trinajstić information content (AvgIpc) is 3.18. The van der Waals surface area contributed by atoms with Crippen LogP contribution in [-0.2, 0) is 4.74 Å². The van der Waals surface area contributed by atoms with E-state index in [1.54, 1.807) is 36.4 Å². The molecule has 0 spiro atoms. The maximum absolute atomic E-state index is 12.1. The number of benzene rings is 1. The third-order valence-electron chi connectivity index (χ3n) is 3.71. The van der Waals surface area contributed by atoms with E-state index in [4.69, 9.17) is 22.9 Å². The highest BCUT2D eigenvalue weighted by Gasteiger charge is 2.32. The monoisotopic (exact) mass is 360 g/mol. The number of hydrogen-bond acceptors (Lipinski definition) is 4. The Kier molecular flexibility index (Phi) is 4.84. The molecule has 1 aliphatic rings. The van der Waals surface area contributed by atoms with E-state index < -0.39 is 6.09 Å². The number of carbonyl (C=O) groups excluding carboxylic acids is 2. The Morgan fingerprint density at radius 1 is 1.33 bits per heavy atom. The second kappa shape index (κ2) is 7.04. The van der Waals surface area contributed by atoms with E-state index >= 15 is 0 Å². The minimum absolute atomic E-state index is 0.00260. The summed E-state index contributed by atoms with van der Waals surface area (Å²) in [5.74, 6) is 0.00260. The lowest BCUT2D eigenvalue weighted by molar-refractivity contribution is 0.0943. The van der Waals surface area contributed by atoms with Crippen molar-refractivity contribution in [3.63, 3.8) is 0 Å². The van der Waals surface area contributed by atoms with Gasteiger partial charge in [-0.05, 0) is 30.7 Å². The lowest BCUT2D eigenvalue weighted by Crippen LogP contribution is -2.24. The van der Waals surface area contributed by atoms with Gasteiger partial charge in [-0.3, -0.25) is 9.69 Å². The molecule has 1 atom stereocenters. The van der Waals surface area contributed by atoms with Crippen molar-refractivity contribution in [3.05, 3.63) is 57.0 Å². The van der Waals surface area contributed by atoms with Gasteiger partial charge in [0.05, 0.1) is 22.3 Å². The van der Waals surface area contributed by atoms with Crippen molar-refractivity contribution in [3.8, 4) is 0 Å². The number of carbonyl (C=O) groups is 2. The van der Waals surface area contributed by atoms with Crippen molar-refractivity contribution in [1.82, 2.24) is 0 Å². The molecular weight excluding hydrogens is 348 g/mol. The Bertz CT molecular complexity index is 810. The summed E-state index contributed by atoms with van der Waals surface area (Å²) in [5, 5.41) is 0. The van der Waals surface area contributed by atoms with Gasteiger partial charge in [-0.15, -0.1) is 11.3 Å². The molecule has 122 valence electrons. The predicted molar refractivity (Wildman–Crippen MR) is 93.2 cm³/mol. The molecular formula is C17H13ClN2O3S. The first-order valence-electron chi connectivity index (χ1n) is 7.31. The molecule has 0 aliphatic carbocycles. The van der Waals surface area contributed by atoms with Gasteiger partial charge >= 0.3 is 6.09 Å². The molecule has 0 saturated carbocycles. The molecule has 1 aromatic carbocycles. The van der Waals surface area contributed by atoms with E-state index in [0.717, 1.165) is 0 Å². The summed E-state index contributed by atoms with van der Waals surface area (Å²) < 4.78 is 5.91. The molecule has 0 radical (unpaired) electrons. The zero-order valence-corrected chi connectivity index (χ0v) is 14.1. The van der Waals surface area contributed by atoms with Crippen molar-refractivity contribution in [2.24, 2.45) is 0 Å². The average molecular weight is 361 g/mol. The molecule has 2 heterocycles. The van der Waals surface area contributed by atoms with Crippen molar-refractivity contribution in [2.75, 3.05) is 11.4 Å². The number of amides is 1. The van der Waals surface area contributed by atoms with E-state index in [-0.39, 0.29) is 11.9 Å². The van der Waals surface area contributed by atoms with Gasteiger partial charge in [-0.25, -0.2) is 9.64 Å². The summed E-state index contributed by atoms with van der Waals surface area (Å²) in [7, 11) is 0. The Morgan fingerprint density at radius 2 is 2.08 bits per heavy atom. The number of cyclic esters (lactones) is 1. The van der Waals surface area contributed by atoms with Crippen LogP contribution >= 0.6 is 22.9 Å². The Labute approximate surface area is 148 Å². The largest absolute Gasteiger partial charge is 0.444 e. The normalized spacial score (nSPS) is 16.8.